The summed E-state index contributed by atoms with van der Waals surface area (Å²) >= 11 is 0. The van der Waals surface area contributed by atoms with Gasteiger partial charge < -0.3 is 10.1 Å². The number of sulfone groups is 1. The van der Waals surface area contributed by atoms with Crippen LogP contribution in [0.3, 0.4) is 0 Å². The maximum absolute atomic E-state index is 12.6. The molecule has 21 heavy (non-hydrogen) atoms. The van der Waals surface area contributed by atoms with E-state index in [9.17, 15) is 8.42 Å². The molecule has 0 radical (unpaired) electrons. The second-order valence-corrected chi connectivity index (χ2v) is 8.36. The Morgan fingerprint density at radius 2 is 1.76 bits per heavy atom. The largest absolute Gasteiger partial charge is 0.497 e. The van der Waals surface area contributed by atoms with E-state index in [4.69, 9.17) is 4.74 Å². The lowest BCUT2D eigenvalue weighted by Crippen LogP contribution is -2.45. The number of rotatable bonds is 7. The third-order valence-electron chi connectivity index (χ3n) is 3.49. The first-order valence-corrected chi connectivity index (χ1v) is 8.96. The van der Waals surface area contributed by atoms with E-state index in [2.05, 4.69) is 33.0 Å². The van der Waals surface area contributed by atoms with E-state index >= 15 is 0 Å². The number of benzene rings is 1. The fourth-order valence-corrected chi connectivity index (χ4v) is 3.83. The molecule has 0 aliphatic heterocycles. The number of methoxy groups -OCH3 is 1. The quantitative estimate of drug-likeness (QED) is 0.841. The topological polar surface area (TPSA) is 55.4 Å². The molecule has 1 N–H and O–H groups in total. The molecular formula is C16H27NO3S. The Morgan fingerprint density at radius 3 is 2.19 bits per heavy atom. The van der Waals surface area contributed by atoms with Crippen molar-refractivity contribution >= 4 is 9.84 Å². The van der Waals surface area contributed by atoms with Crippen LogP contribution in [-0.4, -0.2) is 33.9 Å². The average molecular weight is 313 g/mol. The van der Waals surface area contributed by atoms with E-state index in [0.29, 0.717) is 10.6 Å². The van der Waals surface area contributed by atoms with Gasteiger partial charge in [0.05, 0.1) is 17.8 Å². The van der Waals surface area contributed by atoms with Gasteiger partial charge in [-0.25, -0.2) is 8.42 Å². The Kier molecular flexibility index (Phi) is 6.23. The van der Waals surface area contributed by atoms with Crippen LogP contribution in [0.15, 0.2) is 29.2 Å². The monoisotopic (exact) mass is 313 g/mol. The molecule has 0 amide bonds. The summed E-state index contributed by atoms with van der Waals surface area (Å²) in [6.45, 7) is 9.07. The zero-order valence-electron chi connectivity index (χ0n) is 13.6. The highest BCUT2D eigenvalue weighted by Crippen LogP contribution is 2.24. The molecule has 4 nitrogen and oxygen atoms in total. The summed E-state index contributed by atoms with van der Waals surface area (Å²) in [5.41, 5.74) is -0.116. The van der Waals surface area contributed by atoms with E-state index in [-0.39, 0.29) is 17.2 Å². The van der Waals surface area contributed by atoms with Gasteiger partial charge in [-0.15, -0.1) is 0 Å². The summed E-state index contributed by atoms with van der Waals surface area (Å²) in [5, 5.41) is 3.35. The molecule has 0 saturated heterocycles. The van der Waals surface area contributed by atoms with Gasteiger partial charge in [0.15, 0.2) is 9.84 Å². The van der Waals surface area contributed by atoms with Gasteiger partial charge in [-0.05, 0) is 42.6 Å². The average Bonchev–Trinajstić information content (AvgIpc) is 2.42. The normalized spacial score (nSPS) is 14.0. The number of hydrogen-bond acceptors (Lipinski definition) is 4. The van der Waals surface area contributed by atoms with Crippen molar-refractivity contribution in [3.8, 4) is 5.75 Å². The molecule has 1 atom stereocenters. The highest BCUT2D eigenvalue weighted by molar-refractivity contribution is 7.91. The van der Waals surface area contributed by atoms with Gasteiger partial charge in [-0.3, -0.25) is 0 Å². The van der Waals surface area contributed by atoms with Crippen molar-refractivity contribution in [1.82, 2.24) is 5.32 Å². The number of hydrogen-bond donors (Lipinski definition) is 1. The van der Waals surface area contributed by atoms with E-state index in [1.54, 1.807) is 31.4 Å². The van der Waals surface area contributed by atoms with Crippen molar-refractivity contribution in [2.24, 2.45) is 5.41 Å². The smallest absolute Gasteiger partial charge is 0.179 e. The summed E-state index contributed by atoms with van der Waals surface area (Å²) in [6, 6.07) is 6.49. The van der Waals surface area contributed by atoms with Crippen LogP contribution in [0, 0.1) is 5.41 Å². The lowest BCUT2D eigenvalue weighted by molar-refractivity contribution is 0.288. The third-order valence-corrected chi connectivity index (χ3v) is 5.25. The van der Waals surface area contributed by atoms with Crippen LogP contribution in [0.25, 0.3) is 0 Å². The first-order valence-electron chi connectivity index (χ1n) is 7.31. The summed E-state index contributed by atoms with van der Waals surface area (Å²) in [7, 11) is -1.75. The molecule has 0 aromatic heterocycles. The van der Waals surface area contributed by atoms with E-state index in [1.165, 1.54) is 0 Å². The molecule has 0 fully saturated rings. The van der Waals surface area contributed by atoms with Crippen LogP contribution in [0.2, 0.25) is 0 Å². The predicted molar refractivity (Wildman–Crippen MR) is 86.6 cm³/mol. The van der Waals surface area contributed by atoms with Crippen molar-refractivity contribution in [1.29, 1.82) is 0 Å². The van der Waals surface area contributed by atoms with Crippen LogP contribution in [0.5, 0.6) is 5.75 Å². The van der Waals surface area contributed by atoms with Gasteiger partial charge >= 0.3 is 0 Å². The highest BCUT2D eigenvalue weighted by Gasteiger charge is 2.29. The SMILES string of the molecule is CCCNC(CS(=O)(=O)c1ccc(OC)cc1)C(C)(C)C. The molecule has 0 spiro atoms. The maximum atomic E-state index is 12.6. The van der Waals surface area contributed by atoms with E-state index in [0.717, 1.165) is 13.0 Å². The van der Waals surface area contributed by atoms with Crippen LogP contribution in [0.4, 0.5) is 0 Å². The molecule has 1 aromatic rings. The predicted octanol–water partition coefficient (Wildman–Crippen LogP) is 2.88. The van der Waals surface area contributed by atoms with Crippen LogP contribution >= 0.6 is 0 Å². The number of nitrogens with one attached hydrogen (secondary N) is 1. The van der Waals surface area contributed by atoms with Crippen LogP contribution in [0.1, 0.15) is 34.1 Å². The Labute approximate surface area is 128 Å². The molecule has 5 heteroatoms. The molecule has 1 aromatic carbocycles. The lowest BCUT2D eigenvalue weighted by Gasteiger charge is -2.31. The minimum atomic E-state index is -3.32. The lowest BCUT2D eigenvalue weighted by atomic mass is 9.88. The standard InChI is InChI=1S/C16H27NO3S/c1-6-11-17-15(16(2,3)4)12-21(18,19)14-9-7-13(20-5)8-10-14/h7-10,15,17H,6,11-12H2,1-5H3. The number of ether oxygens (including phenoxy) is 1. The van der Waals surface area contributed by atoms with Gasteiger partial charge in [0.2, 0.25) is 0 Å². The Hall–Kier alpha value is -1.07. The Bertz CT molecular complexity index is 530. The van der Waals surface area contributed by atoms with E-state index < -0.39 is 9.84 Å². The summed E-state index contributed by atoms with van der Waals surface area (Å²) in [4.78, 5) is 0.343. The second kappa shape index (κ2) is 7.27. The van der Waals surface area contributed by atoms with Gasteiger partial charge in [0.1, 0.15) is 5.75 Å². The van der Waals surface area contributed by atoms with Gasteiger partial charge in [-0.1, -0.05) is 27.7 Å². The molecule has 0 aliphatic rings. The second-order valence-electron chi connectivity index (χ2n) is 6.33. The Balaban J connectivity index is 2.94. The summed E-state index contributed by atoms with van der Waals surface area (Å²) < 4.78 is 30.2. The molecule has 1 rings (SSSR count). The maximum Gasteiger partial charge on any atom is 0.179 e. The zero-order valence-corrected chi connectivity index (χ0v) is 14.5. The highest BCUT2D eigenvalue weighted by atomic mass is 32.2. The van der Waals surface area contributed by atoms with Crippen molar-refractivity contribution < 1.29 is 13.2 Å². The fraction of sp³-hybridized carbons (Fsp3) is 0.625. The third kappa shape index (κ3) is 5.32. The van der Waals surface area contributed by atoms with Gasteiger partial charge in [0.25, 0.3) is 0 Å². The van der Waals surface area contributed by atoms with Crippen LogP contribution in [-0.2, 0) is 9.84 Å². The first-order chi connectivity index (χ1) is 9.70. The van der Waals surface area contributed by atoms with Crippen molar-refractivity contribution in [3.05, 3.63) is 24.3 Å². The van der Waals surface area contributed by atoms with Gasteiger partial charge in [0, 0.05) is 6.04 Å². The van der Waals surface area contributed by atoms with Gasteiger partial charge in [-0.2, -0.15) is 0 Å². The van der Waals surface area contributed by atoms with E-state index in [1.807, 2.05) is 0 Å². The molecule has 0 aliphatic carbocycles. The minimum absolute atomic E-state index is 0.0791. The van der Waals surface area contributed by atoms with Crippen molar-refractivity contribution in [2.45, 2.75) is 45.1 Å². The minimum Gasteiger partial charge on any atom is -0.497 e. The Morgan fingerprint density at radius 1 is 1.19 bits per heavy atom. The summed E-state index contributed by atoms with van der Waals surface area (Å²) in [6.07, 6.45) is 0.981. The fourth-order valence-electron chi connectivity index (χ4n) is 2.03. The molecule has 1 unspecified atom stereocenters. The molecule has 0 heterocycles. The van der Waals surface area contributed by atoms with Crippen LogP contribution < -0.4 is 10.1 Å². The van der Waals surface area contributed by atoms with Crippen molar-refractivity contribution in [2.75, 3.05) is 19.4 Å². The molecule has 0 bridgehead atoms. The molecule has 0 saturated carbocycles. The summed E-state index contributed by atoms with van der Waals surface area (Å²) in [5.74, 6) is 0.758. The van der Waals surface area contributed by atoms with Crippen molar-refractivity contribution in [3.63, 3.8) is 0 Å². The first kappa shape index (κ1) is 18.0. The zero-order chi connectivity index (χ0) is 16.1. The molecule has 120 valence electrons. The molecular weight excluding hydrogens is 286 g/mol.